The zero-order chi connectivity index (χ0) is 14.7. The van der Waals surface area contributed by atoms with E-state index in [1.54, 1.807) is 0 Å². The third-order valence-corrected chi connectivity index (χ3v) is 4.65. The number of nitrogen functional groups attached to an aromatic ring is 1. The van der Waals surface area contributed by atoms with Crippen LogP contribution in [0.4, 0.5) is 11.4 Å². The highest BCUT2D eigenvalue weighted by Gasteiger charge is 2.14. The van der Waals surface area contributed by atoms with Gasteiger partial charge in [-0.1, -0.05) is 25.7 Å². The van der Waals surface area contributed by atoms with E-state index >= 15 is 0 Å². The number of pyridine rings is 1. The van der Waals surface area contributed by atoms with Crippen molar-refractivity contribution < 1.29 is 0 Å². The lowest BCUT2D eigenvalue weighted by molar-refractivity contribution is 0.491. The van der Waals surface area contributed by atoms with E-state index in [4.69, 9.17) is 5.73 Å². The van der Waals surface area contributed by atoms with E-state index in [0.29, 0.717) is 0 Å². The maximum Gasteiger partial charge on any atom is 0.0422 e. The second-order valence-electron chi connectivity index (χ2n) is 6.29. The summed E-state index contributed by atoms with van der Waals surface area (Å²) in [7, 11) is 0. The highest BCUT2D eigenvalue weighted by atomic mass is 14.9. The van der Waals surface area contributed by atoms with Crippen LogP contribution in [0.3, 0.4) is 0 Å². The fraction of sp³-hybridized carbons (Fsp3) is 0.500. The standard InChI is InChI=1S/C18H25N3/c1-13-11-15-16(12-21-13)17(19)8-9-18(15)20-10-4-7-14-5-2-3-6-14/h8-9,11-12,14,20H,2-7,10,19H2,1H3. The van der Waals surface area contributed by atoms with Crippen LogP contribution in [0.5, 0.6) is 0 Å². The van der Waals surface area contributed by atoms with E-state index in [1.807, 2.05) is 19.2 Å². The molecule has 1 fully saturated rings. The number of fused-ring (bicyclic) bond motifs is 1. The number of anilines is 2. The number of nitrogens with two attached hydrogens (primary N) is 1. The van der Waals surface area contributed by atoms with Gasteiger partial charge in [0.25, 0.3) is 0 Å². The number of nitrogens with one attached hydrogen (secondary N) is 1. The first-order valence-electron chi connectivity index (χ1n) is 8.13. The Morgan fingerprint density at radius 3 is 2.86 bits per heavy atom. The summed E-state index contributed by atoms with van der Waals surface area (Å²) in [6.45, 7) is 3.06. The molecule has 1 aliphatic carbocycles. The van der Waals surface area contributed by atoms with Gasteiger partial charge in [0.15, 0.2) is 0 Å². The summed E-state index contributed by atoms with van der Waals surface area (Å²) in [5.41, 5.74) is 9.05. The molecule has 0 saturated heterocycles. The molecule has 3 rings (SSSR count). The summed E-state index contributed by atoms with van der Waals surface area (Å²) in [6, 6.07) is 6.18. The lowest BCUT2D eigenvalue weighted by Gasteiger charge is -2.13. The monoisotopic (exact) mass is 283 g/mol. The molecule has 2 aromatic rings. The first-order valence-corrected chi connectivity index (χ1v) is 8.13. The maximum atomic E-state index is 6.04. The molecule has 0 radical (unpaired) electrons. The van der Waals surface area contributed by atoms with Crippen LogP contribution in [0, 0.1) is 12.8 Å². The second-order valence-corrected chi connectivity index (χ2v) is 6.29. The first-order chi connectivity index (χ1) is 10.2. The molecule has 0 aliphatic heterocycles. The minimum absolute atomic E-state index is 0.800. The van der Waals surface area contributed by atoms with Crippen LogP contribution >= 0.6 is 0 Å². The summed E-state index contributed by atoms with van der Waals surface area (Å²) in [6.07, 6.45) is 10.2. The van der Waals surface area contributed by atoms with Gasteiger partial charge in [-0.2, -0.15) is 0 Å². The van der Waals surface area contributed by atoms with Gasteiger partial charge in [0.1, 0.15) is 0 Å². The van der Waals surface area contributed by atoms with Crippen LogP contribution in [0.1, 0.15) is 44.2 Å². The van der Waals surface area contributed by atoms with Crippen molar-refractivity contribution in [1.29, 1.82) is 0 Å². The number of hydrogen-bond donors (Lipinski definition) is 2. The van der Waals surface area contributed by atoms with E-state index in [9.17, 15) is 0 Å². The lowest BCUT2D eigenvalue weighted by atomic mass is 10.0. The largest absolute Gasteiger partial charge is 0.398 e. The molecular weight excluding hydrogens is 258 g/mol. The number of nitrogens with zero attached hydrogens (tertiary/aromatic N) is 1. The summed E-state index contributed by atoms with van der Waals surface area (Å²) in [5.74, 6) is 0.974. The zero-order valence-electron chi connectivity index (χ0n) is 12.9. The van der Waals surface area contributed by atoms with Crippen LogP contribution in [-0.4, -0.2) is 11.5 Å². The maximum absolute atomic E-state index is 6.04. The van der Waals surface area contributed by atoms with Crippen LogP contribution in [0.15, 0.2) is 24.4 Å². The zero-order valence-corrected chi connectivity index (χ0v) is 12.9. The molecular formula is C18H25N3. The molecule has 3 heteroatoms. The van der Waals surface area contributed by atoms with E-state index in [1.165, 1.54) is 49.6 Å². The first kappa shape index (κ1) is 14.2. The van der Waals surface area contributed by atoms with Crippen molar-refractivity contribution >= 4 is 22.1 Å². The molecule has 0 atom stereocenters. The molecule has 1 heterocycles. The Labute approximate surface area is 127 Å². The Morgan fingerprint density at radius 2 is 2.05 bits per heavy atom. The Kier molecular flexibility index (Phi) is 4.28. The van der Waals surface area contributed by atoms with Gasteiger partial charge in [-0.15, -0.1) is 0 Å². The molecule has 0 amide bonds. The van der Waals surface area contributed by atoms with E-state index in [-0.39, 0.29) is 0 Å². The van der Waals surface area contributed by atoms with Gasteiger partial charge in [0, 0.05) is 40.6 Å². The molecule has 1 aromatic carbocycles. The van der Waals surface area contributed by atoms with Crippen molar-refractivity contribution in [2.75, 3.05) is 17.6 Å². The number of hydrogen-bond acceptors (Lipinski definition) is 3. The molecule has 3 N–H and O–H groups in total. The average Bonchev–Trinajstić information content (AvgIpc) is 2.99. The molecule has 3 nitrogen and oxygen atoms in total. The molecule has 112 valence electrons. The van der Waals surface area contributed by atoms with E-state index < -0.39 is 0 Å². The van der Waals surface area contributed by atoms with Crippen LogP contribution in [0.25, 0.3) is 10.8 Å². The van der Waals surface area contributed by atoms with Crippen molar-refractivity contribution in [3.8, 4) is 0 Å². The van der Waals surface area contributed by atoms with Crippen molar-refractivity contribution in [3.05, 3.63) is 30.1 Å². The smallest absolute Gasteiger partial charge is 0.0422 e. The quantitative estimate of drug-likeness (QED) is 0.627. The predicted octanol–water partition coefficient (Wildman–Crippen LogP) is 4.51. The lowest BCUT2D eigenvalue weighted by Crippen LogP contribution is -2.05. The van der Waals surface area contributed by atoms with Gasteiger partial charge in [-0.3, -0.25) is 4.98 Å². The van der Waals surface area contributed by atoms with Crippen LogP contribution in [0.2, 0.25) is 0 Å². The van der Waals surface area contributed by atoms with Gasteiger partial charge in [-0.05, 0) is 43.9 Å². The number of benzene rings is 1. The van der Waals surface area contributed by atoms with Gasteiger partial charge >= 0.3 is 0 Å². The average molecular weight is 283 g/mol. The Morgan fingerprint density at radius 1 is 1.24 bits per heavy atom. The molecule has 21 heavy (non-hydrogen) atoms. The molecule has 0 spiro atoms. The Bertz CT molecular complexity index is 615. The van der Waals surface area contributed by atoms with Gasteiger partial charge in [-0.25, -0.2) is 0 Å². The van der Waals surface area contributed by atoms with Crippen molar-refractivity contribution in [1.82, 2.24) is 4.98 Å². The summed E-state index contributed by atoms with van der Waals surface area (Å²) < 4.78 is 0. The highest BCUT2D eigenvalue weighted by Crippen LogP contribution is 2.30. The molecule has 1 aliphatic rings. The number of aryl methyl sites for hydroxylation is 1. The van der Waals surface area contributed by atoms with E-state index in [2.05, 4.69) is 22.4 Å². The second kappa shape index (κ2) is 6.33. The van der Waals surface area contributed by atoms with Gasteiger partial charge in [0.2, 0.25) is 0 Å². The Hall–Kier alpha value is -1.77. The third kappa shape index (κ3) is 3.29. The van der Waals surface area contributed by atoms with Crippen molar-refractivity contribution in [2.45, 2.75) is 45.4 Å². The molecule has 0 unspecified atom stereocenters. The van der Waals surface area contributed by atoms with E-state index in [0.717, 1.165) is 29.2 Å². The topological polar surface area (TPSA) is 50.9 Å². The fourth-order valence-electron chi connectivity index (χ4n) is 3.43. The van der Waals surface area contributed by atoms with Crippen molar-refractivity contribution in [3.63, 3.8) is 0 Å². The van der Waals surface area contributed by atoms with Crippen molar-refractivity contribution in [2.24, 2.45) is 5.92 Å². The minimum atomic E-state index is 0.800. The summed E-state index contributed by atoms with van der Waals surface area (Å²) in [4.78, 5) is 4.35. The van der Waals surface area contributed by atoms with Crippen LogP contribution in [-0.2, 0) is 0 Å². The molecule has 1 aromatic heterocycles. The summed E-state index contributed by atoms with van der Waals surface area (Å²) >= 11 is 0. The third-order valence-electron chi connectivity index (χ3n) is 4.65. The van der Waals surface area contributed by atoms with Gasteiger partial charge in [0.05, 0.1) is 0 Å². The normalized spacial score (nSPS) is 15.7. The Balaban J connectivity index is 1.66. The number of rotatable bonds is 5. The van der Waals surface area contributed by atoms with Gasteiger partial charge < -0.3 is 11.1 Å². The molecule has 0 bridgehead atoms. The minimum Gasteiger partial charge on any atom is -0.398 e. The SMILES string of the molecule is Cc1cc2c(NCCCC3CCCC3)ccc(N)c2cn1. The highest BCUT2D eigenvalue weighted by molar-refractivity contribution is 6.00. The molecule has 1 saturated carbocycles. The summed E-state index contributed by atoms with van der Waals surface area (Å²) in [5, 5.41) is 5.81. The predicted molar refractivity (Wildman–Crippen MR) is 90.6 cm³/mol. The fourth-order valence-corrected chi connectivity index (χ4v) is 3.43. The number of aromatic nitrogens is 1. The van der Waals surface area contributed by atoms with Crippen LogP contribution < -0.4 is 11.1 Å².